The SMILES string of the molecule is O=C(Nc1ccc(S(F)(F)(F)(F)F)cc1)c1ccc(Sc2ccc(O)cc2)cc1. The predicted octanol–water partition coefficient (Wildman–Crippen LogP) is 7.45. The largest absolute Gasteiger partial charge is 0.508 e. The molecule has 3 nitrogen and oxygen atoms in total. The molecule has 2 N–H and O–H groups in total. The minimum Gasteiger partial charge on any atom is -0.508 e. The van der Waals surface area contributed by atoms with Gasteiger partial charge in [0.25, 0.3) is 5.91 Å². The highest BCUT2D eigenvalue weighted by Gasteiger charge is 2.65. The Kier molecular flexibility index (Phi) is 4.83. The van der Waals surface area contributed by atoms with Crippen LogP contribution < -0.4 is 5.32 Å². The lowest BCUT2D eigenvalue weighted by atomic mass is 10.2. The molecule has 0 unspecified atom stereocenters. The molecule has 0 aromatic heterocycles. The van der Waals surface area contributed by atoms with Crippen molar-refractivity contribution in [1.29, 1.82) is 0 Å². The number of aromatic hydroxyl groups is 1. The standard InChI is InChI=1S/C19H14F5NO2S2/c20-29(21,22,23,24)18-11-3-14(4-12-18)25-19(27)13-1-7-16(8-2-13)28-17-9-5-15(26)6-10-17/h1-12,26H,(H,25,27). The molecule has 3 aromatic rings. The van der Waals surface area contributed by atoms with E-state index in [4.69, 9.17) is 0 Å². The summed E-state index contributed by atoms with van der Waals surface area (Å²) in [5.41, 5.74) is 0.208. The number of rotatable bonds is 5. The summed E-state index contributed by atoms with van der Waals surface area (Å²) in [4.78, 5) is 11.9. The number of carbonyl (C=O) groups excluding carboxylic acids is 1. The van der Waals surface area contributed by atoms with Crippen molar-refractivity contribution in [2.24, 2.45) is 0 Å². The molecule has 0 saturated heterocycles. The van der Waals surface area contributed by atoms with E-state index in [1.807, 2.05) is 0 Å². The Hall–Kier alpha value is -2.72. The monoisotopic (exact) mass is 447 g/mol. The smallest absolute Gasteiger partial charge is 0.310 e. The van der Waals surface area contributed by atoms with Gasteiger partial charge in [-0.25, -0.2) is 0 Å². The molecule has 0 radical (unpaired) electrons. The van der Waals surface area contributed by atoms with E-state index >= 15 is 0 Å². The fraction of sp³-hybridized carbons (Fsp3) is 0. The molecule has 0 aliphatic heterocycles. The van der Waals surface area contributed by atoms with E-state index in [2.05, 4.69) is 5.32 Å². The normalized spacial score (nSPS) is 14.0. The van der Waals surface area contributed by atoms with Gasteiger partial charge in [0.1, 0.15) is 10.6 Å². The van der Waals surface area contributed by atoms with Crippen molar-refractivity contribution < 1.29 is 29.3 Å². The highest BCUT2D eigenvalue weighted by Crippen LogP contribution is 3.02. The Morgan fingerprint density at radius 3 is 1.72 bits per heavy atom. The third-order valence-corrected chi connectivity index (χ3v) is 5.93. The van der Waals surface area contributed by atoms with Crippen LogP contribution in [-0.2, 0) is 0 Å². The number of hydrogen-bond donors (Lipinski definition) is 2. The zero-order valence-electron chi connectivity index (χ0n) is 14.5. The first-order valence-electron chi connectivity index (χ1n) is 8.03. The molecule has 0 fully saturated rings. The van der Waals surface area contributed by atoms with Gasteiger partial charge in [0, 0.05) is 21.0 Å². The van der Waals surface area contributed by atoms with Gasteiger partial charge in [0.2, 0.25) is 0 Å². The van der Waals surface area contributed by atoms with Gasteiger partial charge in [-0.3, -0.25) is 4.79 Å². The Balaban J connectivity index is 1.67. The van der Waals surface area contributed by atoms with Crippen LogP contribution in [0.5, 0.6) is 5.75 Å². The number of benzene rings is 3. The zero-order valence-corrected chi connectivity index (χ0v) is 16.1. The minimum atomic E-state index is -9.74. The maximum absolute atomic E-state index is 12.7. The van der Waals surface area contributed by atoms with Crippen molar-refractivity contribution in [3.05, 3.63) is 78.4 Å². The van der Waals surface area contributed by atoms with Crippen LogP contribution in [0.15, 0.2) is 87.5 Å². The molecular formula is C19H14F5NO2S2. The van der Waals surface area contributed by atoms with E-state index in [-0.39, 0.29) is 29.1 Å². The first-order valence-corrected chi connectivity index (χ1v) is 10.8. The number of hydrogen-bond acceptors (Lipinski definition) is 3. The molecular weight excluding hydrogens is 433 g/mol. The van der Waals surface area contributed by atoms with E-state index in [1.165, 1.54) is 23.9 Å². The Bertz CT molecular complexity index is 1040. The lowest BCUT2D eigenvalue weighted by molar-refractivity contribution is 0.102. The van der Waals surface area contributed by atoms with Crippen molar-refractivity contribution in [1.82, 2.24) is 0 Å². The van der Waals surface area contributed by atoms with Gasteiger partial charge in [-0.05, 0) is 72.8 Å². The van der Waals surface area contributed by atoms with Crippen LogP contribution in [0.3, 0.4) is 0 Å². The number of amides is 1. The predicted molar refractivity (Wildman–Crippen MR) is 104 cm³/mol. The topological polar surface area (TPSA) is 49.3 Å². The van der Waals surface area contributed by atoms with Gasteiger partial charge in [0.15, 0.2) is 0 Å². The van der Waals surface area contributed by atoms with Crippen LogP contribution >= 0.6 is 22.0 Å². The van der Waals surface area contributed by atoms with Crippen molar-refractivity contribution in [3.63, 3.8) is 0 Å². The van der Waals surface area contributed by atoms with Crippen LogP contribution in [-0.4, -0.2) is 11.0 Å². The zero-order chi connectivity index (χ0) is 21.3. The molecule has 154 valence electrons. The summed E-state index contributed by atoms with van der Waals surface area (Å²) < 4.78 is 63.6. The minimum absolute atomic E-state index is 0.0388. The summed E-state index contributed by atoms with van der Waals surface area (Å²) in [6.45, 7) is 0. The average Bonchev–Trinajstić information content (AvgIpc) is 2.63. The first-order chi connectivity index (χ1) is 13.3. The van der Waals surface area contributed by atoms with E-state index in [1.54, 1.807) is 36.4 Å². The molecule has 0 saturated carbocycles. The van der Waals surface area contributed by atoms with Gasteiger partial charge in [0.05, 0.1) is 0 Å². The van der Waals surface area contributed by atoms with Crippen molar-refractivity contribution in [2.45, 2.75) is 14.7 Å². The number of phenolic OH excluding ortho intramolecular Hbond substituents is 1. The quantitative estimate of drug-likeness (QED) is 0.399. The van der Waals surface area contributed by atoms with Gasteiger partial charge in [-0.2, -0.15) is 0 Å². The summed E-state index contributed by atoms with van der Waals surface area (Å²) >= 11 is 1.41. The fourth-order valence-corrected chi connectivity index (χ4v) is 3.79. The van der Waals surface area contributed by atoms with Crippen LogP contribution in [0.25, 0.3) is 0 Å². The Morgan fingerprint density at radius 2 is 1.24 bits per heavy atom. The molecule has 10 heteroatoms. The first kappa shape index (κ1) is 21.0. The molecule has 0 spiro atoms. The van der Waals surface area contributed by atoms with E-state index in [0.29, 0.717) is 0 Å². The summed E-state index contributed by atoms with van der Waals surface area (Å²) in [6, 6.07) is 15.0. The molecule has 0 atom stereocenters. The number of halogens is 5. The van der Waals surface area contributed by atoms with Crippen LogP contribution in [0.4, 0.5) is 25.1 Å². The molecule has 29 heavy (non-hydrogen) atoms. The van der Waals surface area contributed by atoms with Crippen LogP contribution in [0, 0.1) is 0 Å². The second kappa shape index (κ2) is 6.67. The second-order valence-corrected chi connectivity index (χ2v) is 9.62. The van der Waals surface area contributed by atoms with Gasteiger partial charge >= 0.3 is 10.2 Å². The van der Waals surface area contributed by atoms with Gasteiger partial charge in [-0.1, -0.05) is 31.2 Å². The van der Waals surface area contributed by atoms with Crippen molar-refractivity contribution in [2.75, 3.05) is 5.32 Å². The van der Waals surface area contributed by atoms with Gasteiger partial charge < -0.3 is 10.4 Å². The number of nitrogens with one attached hydrogen (secondary N) is 1. The Morgan fingerprint density at radius 1 is 0.759 bits per heavy atom. The van der Waals surface area contributed by atoms with E-state index in [9.17, 15) is 29.3 Å². The van der Waals surface area contributed by atoms with Crippen LogP contribution in [0.1, 0.15) is 10.4 Å². The third-order valence-electron chi connectivity index (χ3n) is 3.75. The average molecular weight is 447 g/mol. The summed E-state index contributed by atoms with van der Waals surface area (Å²) in [6.07, 6.45) is 0. The van der Waals surface area contributed by atoms with Crippen LogP contribution in [0.2, 0.25) is 0 Å². The second-order valence-electron chi connectivity index (χ2n) is 6.07. The molecule has 0 heterocycles. The highest BCUT2D eigenvalue weighted by atomic mass is 32.5. The van der Waals surface area contributed by atoms with E-state index in [0.717, 1.165) is 21.9 Å². The van der Waals surface area contributed by atoms with Gasteiger partial charge in [-0.15, -0.1) is 0 Å². The fourth-order valence-electron chi connectivity index (χ4n) is 2.32. The molecule has 0 aliphatic carbocycles. The summed E-state index contributed by atoms with van der Waals surface area (Å²) in [5.74, 6) is -0.443. The van der Waals surface area contributed by atoms with Crippen molar-refractivity contribution >= 4 is 33.6 Å². The number of anilines is 1. The maximum Gasteiger partial charge on any atom is 0.310 e. The molecule has 1 amide bonds. The summed E-state index contributed by atoms with van der Waals surface area (Å²) in [7, 11) is -9.74. The van der Waals surface area contributed by atoms with E-state index < -0.39 is 21.0 Å². The molecule has 3 rings (SSSR count). The number of phenols is 1. The summed E-state index contributed by atoms with van der Waals surface area (Å²) in [5, 5.41) is 11.6. The lowest BCUT2D eigenvalue weighted by Gasteiger charge is -2.40. The third kappa shape index (κ3) is 5.64. The lowest BCUT2D eigenvalue weighted by Crippen LogP contribution is -2.12. The molecule has 0 aliphatic rings. The molecule has 3 aromatic carbocycles. The van der Waals surface area contributed by atoms with Crippen molar-refractivity contribution in [3.8, 4) is 5.75 Å². The Labute approximate surface area is 167 Å². The molecule has 0 bridgehead atoms. The highest BCUT2D eigenvalue weighted by molar-refractivity contribution is 8.45. The maximum atomic E-state index is 12.7. The number of carbonyl (C=O) groups is 1.